The summed E-state index contributed by atoms with van der Waals surface area (Å²) in [5.74, 6) is 1.18. The van der Waals surface area contributed by atoms with Crippen LogP contribution in [0.2, 0.25) is 0 Å². The van der Waals surface area contributed by atoms with Crippen LogP contribution in [0.25, 0.3) is 139 Å². The van der Waals surface area contributed by atoms with Gasteiger partial charge in [0.15, 0.2) is 17.5 Å². The minimum absolute atomic E-state index is 0.00237. The standard InChI is InChI=1S/C71H42F6N6/c72-70(73,74)48-33-35-64-58(41-48)59-42-49(71(75,76)77)34-36-65(59)83(64)66-56(45-21-15-23-50(37-45)81-60-29-11-7-25-52(60)53-26-8-12-30-61(53)81)39-47(69-79-67(43-17-3-1-4-18-43)78-68(80-69)44-19-5-2-6-20-44)40-57(66)46-22-16-24-51(38-46)82-62-31-13-9-27-54(62)55-28-10-14-32-63(55)82/h1-42H. The molecule has 0 aliphatic carbocycles. The van der Waals surface area contributed by atoms with E-state index in [1.54, 1.807) is 0 Å². The molecule has 11 aromatic carbocycles. The molecule has 0 aliphatic heterocycles. The first-order valence-electron chi connectivity index (χ1n) is 26.9. The number of hydrogen-bond donors (Lipinski definition) is 0. The molecule has 6 nitrogen and oxygen atoms in total. The summed E-state index contributed by atoms with van der Waals surface area (Å²) in [6, 6.07) is 78.7. The topological polar surface area (TPSA) is 53.5 Å². The molecule has 0 spiro atoms. The summed E-state index contributed by atoms with van der Waals surface area (Å²) in [4.78, 5) is 15.5. The Morgan fingerprint density at radius 1 is 0.253 bits per heavy atom. The smallest absolute Gasteiger partial charge is 0.309 e. The van der Waals surface area contributed by atoms with E-state index in [9.17, 15) is 26.3 Å². The molecule has 15 aromatic rings. The highest BCUT2D eigenvalue weighted by Crippen LogP contribution is 2.47. The van der Waals surface area contributed by atoms with E-state index in [4.69, 9.17) is 15.0 Å². The predicted molar refractivity (Wildman–Crippen MR) is 320 cm³/mol. The molecule has 12 heteroatoms. The molecule has 0 fully saturated rings. The summed E-state index contributed by atoms with van der Waals surface area (Å²) in [7, 11) is 0. The molecule has 0 saturated heterocycles. The summed E-state index contributed by atoms with van der Waals surface area (Å²) >= 11 is 0. The van der Waals surface area contributed by atoms with E-state index in [1.165, 1.54) is 12.1 Å². The third kappa shape index (κ3) is 8.31. The molecule has 0 aliphatic rings. The number of para-hydroxylation sites is 4. The van der Waals surface area contributed by atoms with E-state index < -0.39 is 23.5 Å². The second-order valence-electron chi connectivity index (χ2n) is 20.6. The molecule has 0 bridgehead atoms. The van der Waals surface area contributed by atoms with Crippen LogP contribution in [0.5, 0.6) is 0 Å². The lowest BCUT2D eigenvalue weighted by Crippen LogP contribution is -2.06. The van der Waals surface area contributed by atoms with E-state index >= 15 is 0 Å². The minimum Gasteiger partial charge on any atom is -0.309 e. The van der Waals surface area contributed by atoms with Crippen LogP contribution < -0.4 is 0 Å². The molecular weight excluding hydrogens is 1050 g/mol. The number of fused-ring (bicyclic) bond motifs is 9. The highest BCUT2D eigenvalue weighted by molar-refractivity contribution is 6.13. The van der Waals surface area contributed by atoms with E-state index in [2.05, 4.69) is 69.8 Å². The van der Waals surface area contributed by atoms with Crippen molar-refractivity contribution in [2.45, 2.75) is 12.4 Å². The van der Waals surface area contributed by atoms with Gasteiger partial charge >= 0.3 is 12.4 Å². The van der Waals surface area contributed by atoms with Crippen LogP contribution in [0.1, 0.15) is 11.1 Å². The van der Waals surface area contributed by atoms with Gasteiger partial charge in [-0.15, -0.1) is 0 Å². The van der Waals surface area contributed by atoms with Gasteiger partial charge in [0.05, 0.1) is 49.9 Å². The van der Waals surface area contributed by atoms with Crippen LogP contribution in [-0.4, -0.2) is 28.7 Å². The Kier molecular flexibility index (Phi) is 11.3. The molecule has 0 radical (unpaired) electrons. The fraction of sp³-hybridized carbons (Fsp3) is 0.0282. The molecule has 4 heterocycles. The lowest BCUT2D eigenvalue weighted by atomic mass is 9.92. The molecule has 0 N–H and O–H groups in total. The van der Waals surface area contributed by atoms with Gasteiger partial charge in [0, 0.05) is 71.5 Å². The lowest BCUT2D eigenvalue weighted by Gasteiger charge is -2.22. The van der Waals surface area contributed by atoms with Gasteiger partial charge in [-0.1, -0.05) is 158 Å². The molecule has 15 rings (SSSR count). The molecule has 0 amide bonds. The van der Waals surface area contributed by atoms with E-state index in [1.807, 2.05) is 162 Å². The summed E-state index contributed by atoms with van der Waals surface area (Å²) in [6.45, 7) is 0. The Morgan fingerprint density at radius 2 is 0.578 bits per heavy atom. The number of nitrogens with zero attached hydrogens (tertiary/aromatic N) is 6. The van der Waals surface area contributed by atoms with Crippen molar-refractivity contribution in [2.24, 2.45) is 0 Å². The predicted octanol–water partition coefficient (Wildman–Crippen LogP) is 19.5. The Bertz CT molecular complexity index is 4660. The highest BCUT2D eigenvalue weighted by atomic mass is 19.4. The minimum atomic E-state index is -4.80. The zero-order valence-corrected chi connectivity index (χ0v) is 43.7. The zero-order valence-electron chi connectivity index (χ0n) is 43.7. The first-order valence-corrected chi connectivity index (χ1v) is 26.9. The van der Waals surface area contributed by atoms with Crippen molar-refractivity contribution in [3.63, 3.8) is 0 Å². The van der Waals surface area contributed by atoms with Crippen LogP contribution in [-0.2, 0) is 12.4 Å². The lowest BCUT2D eigenvalue weighted by molar-refractivity contribution is -0.138. The molecule has 0 atom stereocenters. The average molecular weight is 1090 g/mol. The Hall–Kier alpha value is -10.6. The molecule has 0 saturated carbocycles. The summed E-state index contributed by atoms with van der Waals surface area (Å²) in [5.41, 5.74) is 9.18. The van der Waals surface area contributed by atoms with Crippen molar-refractivity contribution >= 4 is 65.4 Å². The van der Waals surface area contributed by atoms with Crippen molar-refractivity contribution in [1.29, 1.82) is 0 Å². The second-order valence-corrected chi connectivity index (χ2v) is 20.6. The third-order valence-corrected chi connectivity index (χ3v) is 15.7. The fourth-order valence-corrected chi connectivity index (χ4v) is 12.0. The average Bonchev–Trinajstić information content (AvgIpc) is 3.97. The summed E-state index contributed by atoms with van der Waals surface area (Å²) in [6.07, 6.45) is -9.60. The van der Waals surface area contributed by atoms with Crippen LogP contribution in [0.15, 0.2) is 255 Å². The van der Waals surface area contributed by atoms with Gasteiger partial charge < -0.3 is 13.7 Å². The Labute approximate surface area is 470 Å². The maximum absolute atomic E-state index is 14.9. The maximum Gasteiger partial charge on any atom is 0.416 e. The van der Waals surface area contributed by atoms with Gasteiger partial charge in [0.2, 0.25) is 0 Å². The maximum atomic E-state index is 14.9. The van der Waals surface area contributed by atoms with Crippen molar-refractivity contribution in [1.82, 2.24) is 28.7 Å². The third-order valence-electron chi connectivity index (χ3n) is 15.7. The number of aromatic nitrogens is 6. The van der Waals surface area contributed by atoms with Crippen LogP contribution in [0.4, 0.5) is 26.3 Å². The number of hydrogen-bond acceptors (Lipinski definition) is 3. The molecule has 4 aromatic heterocycles. The zero-order chi connectivity index (χ0) is 56.1. The van der Waals surface area contributed by atoms with Crippen LogP contribution in [0.3, 0.4) is 0 Å². The first kappa shape index (κ1) is 49.5. The summed E-state index contributed by atoms with van der Waals surface area (Å²) in [5, 5.41) is 4.22. The van der Waals surface area contributed by atoms with Crippen molar-refractivity contribution in [3.05, 3.63) is 266 Å². The Morgan fingerprint density at radius 3 is 0.952 bits per heavy atom. The van der Waals surface area contributed by atoms with Crippen molar-refractivity contribution in [2.75, 3.05) is 0 Å². The second kappa shape index (κ2) is 19.0. The number of alkyl halides is 6. The SMILES string of the molecule is FC(F)(F)c1ccc2c(c1)c1cc(C(F)(F)F)ccc1n2-c1c(-c2cccc(-n3c4ccccc4c4ccccc43)c2)cc(-c2nc(-c3ccccc3)nc(-c3ccccc3)n2)cc1-c1cccc(-n2c3ccccc3c3ccccc32)c1. The largest absolute Gasteiger partial charge is 0.416 e. The molecular formula is C71H42F6N6. The molecule has 0 unspecified atom stereocenters. The molecule has 398 valence electrons. The quantitative estimate of drug-likeness (QED) is 0.143. The van der Waals surface area contributed by atoms with Gasteiger partial charge in [-0.05, 0) is 108 Å². The van der Waals surface area contributed by atoms with Gasteiger partial charge in [-0.25, -0.2) is 15.0 Å². The van der Waals surface area contributed by atoms with Gasteiger partial charge in [0.1, 0.15) is 0 Å². The Balaban J connectivity index is 1.10. The van der Waals surface area contributed by atoms with E-state index in [-0.39, 0.29) is 21.8 Å². The normalized spacial score (nSPS) is 12.2. The van der Waals surface area contributed by atoms with Gasteiger partial charge in [0.25, 0.3) is 0 Å². The fourth-order valence-electron chi connectivity index (χ4n) is 12.0. The number of rotatable bonds is 8. The monoisotopic (exact) mass is 1090 g/mol. The first-order chi connectivity index (χ1) is 40.4. The molecule has 83 heavy (non-hydrogen) atoms. The van der Waals surface area contributed by atoms with Gasteiger partial charge in [-0.2, -0.15) is 26.3 Å². The summed E-state index contributed by atoms with van der Waals surface area (Å²) < 4.78 is 95.4. The van der Waals surface area contributed by atoms with Crippen molar-refractivity contribution in [3.8, 4) is 73.5 Å². The van der Waals surface area contributed by atoms with Crippen molar-refractivity contribution < 1.29 is 26.3 Å². The van der Waals surface area contributed by atoms with Gasteiger partial charge in [-0.3, -0.25) is 0 Å². The van der Waals surface area contributed by atoms with Crippen LogP contribution >= 0.6 is 0 Å². The van der Waals surface area contributed by atoms with Crippen LogP contribution in [0, 0.1) is 0 Å². The number of benzene rings is 11. The number of halogens is 6. The highest BCUT2D eigenvalue weighted by Gasteiger charge is 2.34. The van der Waals surface area contributed by atoms with E-state index in [0.717, 1.165) is 90.4 Å². The van der Waals surface area contributed by atoms with E-state index in [0.29, 0.717) is 51.0 Å².